The third-order valence-electron chi connectivity index (χ3n) is 1.99. The van der Waals surface area contributed by atoms with Gasteiger partial charge in [-0.1, -0.05) is 12.8 Å². The van der Waals surface area contributed by atoms with Gasteiger partial charge >= 0.3 is 0 Å². The fourth-order valence-electron chi connectivity index (χ4n) is 1.35. The molecule has 0 aromatic rings. The van der Waals surface area contributed by atoms with Crippen molar-refractivity contribution in [2.75, 3.05) is 12.3 Å². The van der Waals surface area contributed by atoms with Crippen molar-refractivity contribution in [1.29, 1.82) is 5.26 Å². The van der Waals surface area contributed by atoms with Gasteiger partial charge in [-0.05, 0) is 6.42 Å². The van der Waals surface area contributed by atoms with Crippen LogP contribution >= 0.6 is 11.8 Å². The molecule has 0 bridgehead atoms. The van der Waals surface area contributed by atoms with Crippen LogP contribution in [0.5, 0.6) is 0 Å². The number of terminal acetylenes is 1. The molecular formula is C9H12N2S. The second-order valence-corrected chi connectivity index (χ2v) is 4.50. The summed E-state index contributed by atoms with van der Waals surface area (Å²) in [7, 11) is 0. The minimum absolute atomic E-state index is 0.365. The van der Waals surface area contributed by atoms with Crippen LogP contribution < -0.4 is 5.32 Å². The first-order valence-corrected chi connectivity index (χ1v) is 4.99. The van der Waals surface area contributed by atoms with Gasteiger partial charge in [0.25, 0.3) is 0 Å². The third kappa shape index (κ3) is 1.94. The van der Waals surface area contributed by atoms with Gasteiger partial charge in [-0.15, -0.1) is 6.42 Å². The Labute approximate surface area is 77.7 Å². The molecule has 3 heteroatoms. The first-order chi connectivity index (χ1) is 5.72. The Hall–Kier alpha value is -0.640. The van der Waals surface area contributed by atoms with Crippen molar-refractivity contribution in [1.82, 2.24) is 5.32 Å². The molecule has 0 spiro atoms. The molecule has 2 unspecified atom stereocenters. The maximum atomic E-state index is 8.97. The quantitative estimate of drug-likeness (QED) is 0.644. The van der Waals surface area contributed by atoms with Crippen molar-refractivity contribution in [3.8, 4) is 18.4 Å². The van der Waals surface area contributed by atoms with E-state index in [1.54, 1.807) is 0 Å². The predicted octanol–water partition coefficient (Wildman–Crippen LogP) is 0.997. The standard InChI is InChI=1S/C9H12N2S/c1-3-4-11-9(6-10)5-8(2)12-7-9/h1,8,11H,4-5,7H2,2H3. The molecule has 1 aliphatic heterocycles. The van der Waals surface area contributed by atoms with Crippen molar-refractivity contribution in [2.45, 2.75) is 24.1 Å². The topological polar surface area (TPSA) is 35.8 Å². The van der Waals surface area contributed by atoms with Gasteiger partial charge in [-0.25, -0.2) is 0 Å². The highest BCUT2D eigenvalue weighted by Gasteiger charge is 2.37. The van der Waals surface area contributed by atoms with E-state index in [-0.39, 0.29) is 5.54 Å². The molecule has 1 heterocycles. The van der Waals surface area contributed by atoms with E-state index < -0.39 is 0 Å². The molecule has 1 rings (SSSR count). The summed E-state index contributed by atoms with van der Waals surface area (Å²) in [5, 5.41) is 12.6. The summed E-state index contributed by atoms with van der Waals surface area (Å²) in [5.41, 5.74) is -0.365. The van der Waals surface area contributed by atoms with E-state index in [0.717, 1.165) is 12.2 Å². The van der Waals surface area contributed by atoms with Crippen LogP contribution in [0.15, 0.2) is 0 Å². The van der Waals surface area contributed by atoms with Crippen molar-refractivity contribution in [2.24, 2.45) is 0 Å². The molecule has 0 amide bonds. The Morgan fingerprint density at radius 1 is 1.83 bits per heavy atom. The van der Waals surface area contributed by atoms with Crippen LogP contribution in [-0.2, 0) is 0 Å². The van der Waals surface area contributed by atoms with Crippen molar-refractivity contribution in [3.05, 3.63) is 0 Å². The first-order valence-electron chi connectivity index (χ1n) is 3.94. The summed E-state index contributed by atoms with van der Waals surface area (Å²) in [6.07, 6.45) is 6.02. The molecule has 1 fully saturated rings. The lowest BCUT2D eigenvalue weighted by Crippen LogP contribution is -2.44. The maximum absolute atomic E-state index is 8.97. The molecule has 12 heavy (non-hydrogen) atoms. The van der Waals surface area contributed by atoms with Crippen LogP contribution in [0.25, 0.3) is 0 Å². The van der Waals surface area contributed by atoms with Crippen LogP contribution in [0, 0.1) is 23.7 Å². The van der Waals surface area contributed by atoms with Gasteiger partial charge < -0.3 is 0 Å². The highest BCUT2D eigenvalue weighted by Crippen LogP contribution is 2.33. The summed E-state index contributed by atoms with van der Waals surface area (Å²) in [6.45, 7) is 2.63. The van der Waals surface area contributed by atoms with E-state index in [4.69, 9.17) is 11.7 Å². The molecule has 0 aromatic heterocycles. The summed E-state index contributed by atoms with van der Waals surface area (Å²) in [5.74, 6) is 3.35. The molecule has 1 aliphatic rings. The fourth-order valence-corrected chi connectivity index (χ4v) is 2.61. The Balaban J connectivity index is 2.55. The molecule has 0 aliphatic carbocycles. The summed E-state index contributed by atoms with van der Waals surface area (Å²) in [6, 6.07) is 2.32. The Bertz CT molecular complexity index is 238. The molecule has 0 radical (unpaired) electrons. The Kier molecular flexibility index (Phi) is 3.03. The molecular weight excluding hydrogens is 168 g/mol. The average Bonchev–Trinajstić information content (AvgIpc) is 2.45. The molecule has 1 saturated heterocycles. The average molecular weight is 180 g/mol. The highest BCUT2D eigenvalue weighted by molar-refractivity contribution is 8.00. The zero-order valence-electron chi connectivity index (χ0n) is 7.13. The molecule has 64 valence electrons. The van der Waals surface area contributed by atoms with E-state index in [0.29, 0.717) is 11.8 Å². The van der Waals surface area contributed by atoms with E-state index >= 15 is 0 Å². The highest BCUT2D eigenvalue weighted by atomic mass is 32.2. The number of rotatable bonds is 2. The van der Waals surface area contributed by atoms with E-state index in [9.17, 15) is 0 Å². The second kappa shape index (κ2) is 3.85. The lowest BCUT2D eigenvalue weighted by molar-refractivity contribution is 0.468. The molecule has 0 aromatic carbocycles. The largest absolute Gasteiger partial charge is 0.288 e. The number of hydrogen-bond acceptors (Lipinski definition) is 3. The lowest BCUT2D eigenvalue weighted by atomic mass is 9.98. The van der Waals surface area contributed by atoms with Crippen LogP contribution in [0.1, 0.15) is 13.3 Å². The minimum Gasteiger partial charge on any atom is -0.288 e. The molecule has 2 atom stereocenters. The zero-order valence-corrected chi connectivity index (χ0v) is 7.95. The predicted molar refractivity (Wildman–Crippen MR) is 51.7 cm³/mol. The van der Waals surface area contributed by atoms with Gasteiger partial charge in [-0.2, -0.15) is 17.0 Å². The molecule has 0 saturated carbocycles. The van der Waals surface area contributed by atoms with E-state index in [1.165, 1.54) is 0 Å². The van der Waals surface area contributed by atoms with Gasteiger partial charge in [0.15, 0.2) is 0 Å². The van der Waals surface area contributed by atoms with Gasteiger partial charge in [-0.3, -0.25) is 5.32 Å². The van der Waals surface area contributed by atoms with Crippen LogP contribution in [0.2, 0.25) is 0 Å². The maximum Gasteiger partial charge on any atom is 0.117 e. The van der Waals surface area contributed by atoms with Crippen molar-refractivity contribution < 1.29 is 0 Å². The normalized spacial score (nSPS) is 34.1. The Morgan fingerprint density at radius 2 is 2.58 bits per heavy atom. The van der Waals surface area contributed by atoms with Gasteiger partial charge in [0.05, 0.1) is 12.6 Å². The lowest BCUT2D eigenvalue weighted by Gasteiger charge is -2.19. The first kappa shape index (κ1) is 9.45. The monoisotopic (exact) mass is 180 g/mol. The smallest absolute Gasteiger partial charge is 0.117 e. The van der Waals surface area contributed by atoms with E-state index in [1.807, 2.05) is 11.8 Å². The second-order valence-electron chi connectivity index (χ2n) is 3.08. The summed E-state index contributed by atoms with van der Waals surface area (Å²) in [4.78, 5) is 0. The third-order valence-corrected chi connectivity index (χ3v) is 3.39. The fraction of sp³-hybridized carbons (Fsp3) is 0.667. The van der Waals surface area contributed by atoms with Crippen molar-refractivity contribution in [3.63, 3.8) is 0 Å². The van der Waals surface area contributed by atoms with Crippen LogP contribution in [0.4, 0.5) is 0 Å². The number of thioether (sulfide) groups is 1. The number of nitrogens with zero attached hydrogens (tertiary/aromatic N) is 1. The number of nitriles is 1. The van der Waals surface area contributed by atoms with Crippen LogP contribution in [-0.4, -0.2) is 23.1 Å². The summed E-state index contributed by atoms with van der Waals surface area (Å²) >= 11 is 1.83. The van der Waals surface area contributed by atoms with Crippen molar-refractivity contribution >= 4 is 11.8 Å². The van der Waals surface area contributed by atoms with E-state index in [2.05, 4.69) is 24.2 Å². The SMILES string of the molecule is C#CCNC1(C#N)CSC(C)C1. The summed E-state index contributed by atoms with van der Waals surface area (Å²) < 4.78 is 0. The molecule has 1 N–H and O–H groups in total. The number of hydrogen-bond donors (Lipinski definition) is 1. The van der Waals surface area contributed by atoms with Gasteiger partial charge in [0, 0.05) is 11.0 Å². The van der Waals surface area contributed by atoms with Gasteiger partial charge in [0.1, 0.15) is 5.54 Å². The zero-order chi connectivity index (χ0) is 9.03. The van der Waals surface area contributed by atoms with Gasteiger partial charge in [0.2, 0.25) is 0 Å². The number of nitrogens with one attached hydrogen (secondary N) is 1. The molecule has 2 nitrogen and oxygen atoms in total. The Morgan fingerprint density at radius 3 is 3.00 bits per heavy atom. The minimum atomic E-state index is -0.365. The van der Waals surface area contributed by atoms with Crippen LogP contribution in [0.3, 0.4) is 0 Å².